The van der Waals surface area contributed by atoms with Crippen molar-refractivity contribution in [2.75, 3.05) is 6.61 Å². The molecule has 0 aromatic heterocycles. The zero-order valence-corrected chi connectivity index (χ0v) is 12.1. The van der Waals surface area contributed by atoms with Crippen LogP contribution >= 0.6 is 0 Å². The number of fused-ring (bicyclic) bond motifs is 2. The molecule has 2 saturated heterocycles. The highest BCUT2D eigenvalue weighted by Crippen LogP contribution is 2.32. The van der Waals surface area contributed by atoms with Gasteiger partial charge in [-0.1, -0.05) is 17.7 Å². The molecule has 3 rings (SSSR count). The smallest absolute Gasteiger partial charge is 0.297 e. The number of hydrogen-bond donors (Lipinski definition) is 2. The van der Waals surface area contributed by atoms with Gasteiger partial charge in [0.2, 0.25) is 0 Å². The van der Waals surface area contributed by atoms with Crippen LogP contribution in [0.1, 0.15) is 5.56 Å². The van der Waals surface area contributed by atoms with Gasteiger partial charge in [0.25, 0.3) is 10.1 Å². The van der Waals surface area contributed by atoms with Crippen LogP contribution in [0.4, 0.5) is 0 Å². The molecule has 2 aliphatic rings. The Morgan fingerprint density at radius 1 is 1.19 bits per heavy atom. The summed E-state index contributed by atoms with van der Waals surface area (Å²) in [5.74, 6) is 0. The molecule has 2 aliphatic heterocycles. The Balaban J connectivity index is 1.83. The third kappa shape index (κ3) is 2.70. The van der Waals surface area contributed by atoms with Crippen molar-refractivity contribution in [1.29, 1.82) is 0 Å². The monoisotopic (exact) mass is 316 g/mol. The first-order valence-corrected chi connectivity index (χ1v) is 7.92. The van der Waals surface area contributed by atoms with E-state index in [2.05, 4.69) is 0 Å². The Hall–Kier alpha value is -1.03. The van der Waals surface area contributed by atoms with Crippen molar-refractivity contribution < 1.29 is 32.3 Å². The Labute approximate surface area is 122 Å². The standard InChI is InChI=1S/C13H16O7S/c1-7-2-4-8(5-3-7)21(16,17)20-12-11(15)10(14)9-6-18-13(12)19-9/h2-5,9-15H,6H2,1H3/t9-,10-,11+,12+,13?/m1/s1. The summed E-state index contributed by atoms with van der Waals surface area (Å²) in [6.07, 6.45) is -5.61. The second-order valence-corrected chi connectivity index (χ2v) is 6.76. The maximum atomic E-state index is 12.2. The minimum atomic E-state index is -4.09. The van der Waals surface area contributed by atoms with Gasteiger partial charge in [0, 0.05) is 0 Å². The van der Waals surface area contributed by atoms with E-state index in [0.717, 1.165) is 5.56 Å². The number of benzene rings is 1. The molecule has 0 aliphatic carbocycles. The molecular weight excluding hydrogens is 300 g/mol. The van der Waals surface area contributed by atoms with Gasteiger partial charge in [-0.25, -0.2) is 0 Å². The van der Waals surface area contributed by atoms with Crippen LogP contribution in [-0.4, -0.2) is 55.9 Å². The quantitative estimate of drug-likeness (QED) is 0.728. The van der Waals surface area contributed by atoms with E-state index in [1.165, 1.54) is 12.1 Å². The van der Waals surface area contributed by atoms with Crippen molar-refractivity contribution >= 4 is 10.1 Å². The third-order valence-corrected chi connectivity index (χ3v) is 4.94. The predicted molar refractivity (Wildman–Crippen MR) is 69.9 cm³/mol. The molecule has 21 heavy (non-hydrogen) atoms. The second kappa shape index (κ2) is 5.31. The van der Waals surface area contributed by atoms with Crippen LogP contribution in [0.5, 0.6) is 0 Å². The average Bonchev–Trinajstić information content (AvgIpc) is 2.89. The summed E-state index contributed by atoms with van der Waals surface area (Å²) in [5.41, 5.74) is 0.910. The van der Waals surface area contributed by atoms with E-state index >= 15 is 0 Å². The van der Waals surface area contributed by atoms with Crippen LogP contribution in [0.2, 0.25) is 0 Å². The molecule has 7 nitrogen and oxygen atoms in total. The van der Waals surface area contributed by atoms with Gasteiger partial charge in [-0.05, 0) is 19.1 Å². The molecule has 2 N–H and O–H groups in total. The fraction of sp³-hybridized carbons (Fsp3) is 0.538. The summed E-state index contributed by atoms with van der Waals surface area (Å²) in [4.78, 5) is -0.0325. The van der Waals surface area contributed by atoms with E-state index < -0.39 is 40.8 Å². The van der Waals surface area contributed by atoms with E-state index in [-0.39, 0.29) is 11.5 Å². The summed E-state index contributed by atoms with van der Waals surface area (Å²) in [6.45, 7) is 1.92. The topological polar surface area (TPSA) is 102 Å². The van der Waals surface area contributed by atoms with Crippen LogP contribution in [-0.2, 0) is 23.8 Å². The molecule has 8 heteroatoms. The van der Waals surface area contributed by atoms with Crippen LogP contribution < -0.4 is 0 Å². The molecule has 1 unspecified atom stereocenters. The summed E-state index contributed by atoms with van der Waals surface area (Å²) in [7, 11) is -4.09. The number of aliphatic hydroxyl groups is 2. The van der Waals surface area contributed by atoms with Gasteiger partial charge in [-0.15, -0.1) is 0 Å². The van der Waals surface area contributed by atoms with Gasteiger partial charge in [0.1, 0.15) is 18.3 Å². The lowest BCUT2D eigenvalue weighted by atomic mass is 10.0. The summed E-state index contributed by atoms with van der Waals surface area (Å²) < 4.78 is 39.9. The molecule has 5 atom stereocenters. The molecule has 2 bridgehead atoms. The van der Waals surface area contributed by atoms with Gasteiger partial charge in [0.15, 0.2) is 12.4 Å². The lowest BCUT2D eigenvalue weighted by molar-refractivity contribution is -0.219. The van der Waals surface area contributed by atoms with Gasteiger partial charge in [-0.3, -0.25) is 4.18 Å². The van der Waals surface area contributed by atoms with Crippen molar-refractivity contribution in [1.82, 2.24) is 0 Å². The fourth-order valence-corrected chi connectivity index (χ4v) is 3.45. The largest absolute Gasteiger partial charge is 0.387 e. The minimum absolute atomic E-state index is 0.0325. The summed E-state index contributed by atoms with van der Waals surface area (Å²) in [6, 6.07) is 6.10. The number of ether oxygens (including phenoxy) is 2. The SMILES string of the molecule is Cc1ccc(S(=O)(=O)O[C@@H]2C3OC[C@@H](O3)[C@@H](O)[C@@H]2O)cc1. The first-order valence-electron chi connectivity index (χ1n) is 6.51. The van der Waals surface area contributed by atoms with E-state index in [4.69, 9.17) is 13.7 Å². The van der Waals surface area contributed by atoms with Gasteiger partial charge in [-0.2, -0.15) is 8.42 Å². The van der Waals surface area contributed by atoms with Crippen molar-refractivity contribution in [2.24, 2.45) is 0 Å². The molecule has 116 valence electrons. The van der Waals surface area contributed by atoms with Crippen LogP contribution in [0.25, 0.3) is 0 Å². The van der Waals surface area contributed by atoms with Crippen molar-refractivity contribution in [3.8, 4) is 0 Å². The highest BCUT2D eigenvalue weighted by Gasteiger charge is 2.52. The van der Waals surface area contributed by atoms with Crippen LogP contribution in [0.15, 0.2) is 29.2 Å². The average molecular weight is 316 g/mol. The zero-order chi connectivity index (χ0) is 15.2. The maximum Gasteiger partial charge on any atom is 0.297 e. The lowest BCUT2D eigenvalue weighted by Gasteiger charge is -2.34. The molecule has 2 heterocycles. The molecule has 0 spiro atoms. The fourth-order valence-electron chi connectivity index (χ4n) is 2.38. The van der Waals surface area contributed by atoms with E-state index in [1.807, 2.05) is 6.92 Å². The van der Waals surface area contributed by atoms with Gasteiger partial charge < -0.3 is 19.7 Å². The molecule has 2 fully saturated rings. The number of aryl methyl sites for hydroxylation is 1. The summed E-state index contributed by atoms with van der Waals surface area (Å²) >= 11 is 0. The zero-order valence-electron chi connectivity index (χ0n) is 11.2. The normalized spacial score (nSPS) is 35.9. The van der Waals surface area contributed by atoms with Gasteiger partial charge in [0.05, 0.1) is 11.5 Å². The Bertz CT molecular complexity index is 612. The highest BCUT2D eigenvalue weighted by molar-refractivity contribution is 7.86. The highest BCUT2D eigenvalue weighted by atomic mass is 32.2. The molecule has 1 aromatic carbocycles. The Morgan fingerprint density at radius 2 is 1.86 bits per heavy atom. The predicted octanol–water partition coefficient (Wildman–Crippen LogP) is -0.454. The second-order valence-electron chi connectivity index (χ2n) is 5.19. The third-order valence-electron chi connectivity index (χ3n) is 3.62. The van der Waals surface area contributed by atoms with Crippen molar-refractivity contribution in [3.05, 3.63) is 29.8 Å². The van der Waals surface area contributed by atoms with E-state index in [9.17, 15) is 18.6 Å². The maximum absolute atomic E-state index is 12.2. The molecule has 0 saturated carbocycles. The van der Waals surface area contributed by atoms with Crippen LogP contribution in [0.3, 0.4) is 0 Å². The van der Waals surface area contributed by atoms with Gasteiger partial charge >= 0.3 is 0 Å². The molecule has 0 radical (unpaired) electrons. The van der Waals surface area contributed by atoms with Crippen molar-refractivity contribution in [2.45, 2.75) is 42.5 Å². The van der Waals surface area contributed by atoms with Crippen LogP contribution in [0, 0.1) is 6.92 Å². The molecular formula is C13H16O7S. The lowest BCUT2D eigenvalue weighted by Crippen LogP contribution is -2.55. The number of hydrogen-bond acceptors (Lipinski definition) is 7. The summed E-state index contributed by atoms with van der Waals surface area (Å²) in [5, 5.41) is 19.8. The molecule has 0 amide bonds. The first kappa shape index (κ1) is 14.9. The molecule has 1 aromatic rings. The minimum Gasteiger partial charge on any atom is -0.387 e. The first-order chi connectivity index (χ1) is 9.88. The van der Waals surface area contributed by atoms with E-state index in [0.29, 0.717) is 0 Å². The Morgan fingerprint density at radius 3 is 2.52 bits per heavy atom. The van der Waals surface area contributed by atoms with E-state index in [1.54, 1.807) is 12.1 Å². The number of aliphatic hydroxyl groups excluding tert-OH is 2. The van der Waals surface area contributed by atoms with Crippen molar-refractivity contribution in [3.63, 3.8) is 0 Å². The Kier molecular flexibility index (Phi) is 3.76. The number of rotatable bonds is 3.